The molecule has 1 aromatic rings. The van der Waals surface area contributed by atoms with E-state index in [0.29, 0.717) is 18.4 Å². The molecule has 2 bridgehead atoms. The van der Waals surface area contributed by atoms with Gasteiger partial charge in [-0.1, -0.05) is 18.2 Å². The lowest BCUT2D eigenvalue weighted by atomic mass is 10.1. The van der Waals surface area contributed by atoms with Crippen LogP contribution in [0.25, 0.3) is 0 Å². The second-order valence-electron chi connectivity index (χ2n) is 6.32. The zero-order chi connectivity index (χ0) is 14.6. The van der Waals surface area contributed by atoms with Crippen molar-refractivity contribution in [3.63, 3.8) is 0 Å². The molecule has 5 nitrogen and oxygen atoms in total. The number of hydrogen-bond donors (Lipinski definition) is 1. The predicted molar refractivity (Wildman–Crippen MR) is 77.3 cm³/mol. The molecule has 110 valence electrons. The summed E-state index contributed by atoms with van der Waals surface area (Å²) in [4.78, 5) is 27.8. The maximum Gasteiger partial charge on any atom is 0.327 e. The summed E-state index contributed by atoms with van der Waals surface area (Å²) < 4.78 is 0. The topological polar surface area (TPSA) is 60.9 Å². The Kier molecular flexibility index (Phi) is 2.71. The molecule has 5 heteroatoms. The minimum absolute atomic E-state index is 0.125. The highest BCUT2D eigenvalue weighted by atomic mass is 16.4. The molecule has 2 aliphatic heterocycles. The Morgan fingerprint density at radius 2 is 2.00 bits per heavy atom. The van der Waals surface area contributed by atoms with Crippen LogP contribution in [0.15, 0.2) is 24.3 Å². The number of likely N-dealkylation sites (tertiary alicyclic amines) is 1. The summed E-state index contributed by atoms with van der Waals surface area (Å²) in [5.74, 6) is -0.316. The van der Waals surface area contributed by atoms with Gasteiger partial charge in [0.2, 0.25) is 0 Å². The quantitative estimate of drug-likeness (QED) is 0.860. The summed E-state index contributed by atoms with van der Waals surface area (Å²) in [5.41, 5.74) is 1.71. The standard InChI is InChI=1S/C16H18N2O3/c19-15(20)14-8-11-3-1-2-4-13(11)18(14)16(21)17-9-10-5-6-12(17)7-10/h1-4,10,12,14H,5-9H2,(H,19,20). The number of carbonyl (C=O) groups is 2. The van der Waals surface area contributed by atoms with Gasteiger partial charge in [-0.15, -0.1) is 0 Å². The van der Waals surface area contributed by atoms with Crippen molar-refractivity contribution in [2.45, 2.75) is 37.8 Å². The van der Waals surface area contributed by atoms with E-state index in [1.807, 2.05) is 29.2 Å². The van der Waals surface area contributed by atoms with Crippen molar-refractivity contribution in [1.82, 2.24) is 4.90 Å². The van der Waals surface area contributed by atoms with E-state index in [4.69, 9.17) is 0 Å². The first-order valence-electron chi connectivity index (χ1n) is 7.55. The van der Waals surface area contributed by atoms with Crippen LogP contribution in [0.3, 0.4) is 0 Å². The highest BCUT2D eigenvalue weighted by molar-refractivity contribution is 6.01. The molecule has 1 N–H and O–H groups in total. The number of carboxylic acids is 1. The summed E-state index contributed by atoms with van der Waals surface area (Å²) in [6.45, 7) is 0.786. The first-order chi connectivity index (χ1) is 10.1. The number of carboxylic acid groups (broad SMARTS) is 1. The monoisotopic (exact) mass is 286 g/mol. The fraction of sp³-hybridized carbons (Fsp3) is 0.500. The Morgan fingerprint density at radius 3 is 2.67 bits per heavy atom. The highest BCUT2D eigenvalue weighted by Gasteiger charge is 2.46. The van der Waals surface area contributed by atoms with Gasteiger partial charge in [-0.3, -0.25) is 4.90 Å². The fourth-order valence-corrected chi connectivity index (χ4v) is 4.12. The first kappa shape index (κ1) is 12.7. The number of hydrogen-bond acceptors (Lipinski definition) is 2. The molecule has 1 saturated heterocycles. The second kappa shape index (κ2) is 4.48. The summed E-state index contributed by atoms with van der Waals surface area (Å²) in [6, 6.07) is 6.93. The smallest absolute Gasteiger partial charge is 0.327 e. The van der Waals surface area contributed by atoms with Crippen molar-refractivity contribution in [1.29, 1.82) is 0 Å². The minimum atomic E-state index is -0.927. The largest absolute Gasteiger partial charge is 0.480 e. The van der Waals surface area contributed by atoms with Crippen LogP contribution in [0.5, 0.6) is 0 Å². The lowest BCUT2D eigenvalue weighted by Crippen LogP contribution is -2.51. The molecule has 1 aromatic carbocycles. The Morgan fingerprint density at radius 1 is 1.19 bits per heavy atom. The van der Waals surface area contributed by atoms with E-state index in [9.17, 15) is 14.7 Å². The van der Waals surface area contributed by atoms with E-state index >= 15 is 0 Å². The number of para-hydroxylation sites is 1. The molecule has 2 heterocycles. The number of fused-ring (bicyclic) bond motifs is 3. The van der Waals surface area contributed by atoms with Gasteiger partial charge in [0, 0.05) is 24.7 Å². The number of anilines is 1. The van der Waals surface area contributed by atoms with Crippen molar-refractivity contribution >= 4 is 17.7 Å². The number of amides is 2. The van der Waals surface area contributed by atoms with Crippen LogP contribution in [0.4, 0.5) is 10.5 Å². The van der Waals surface area contributed by atoms with Gasteiger partial charge in [0.1, 0.15) is 6.04 Å². The summed E-state index contributed by atoms with van der Waals surface area (Å²) in [5, 5.41) is 9.47. The van der Waals surface area contributed by atoms with Gasteiger partial charge in [-0.05, 0) is 36.8 Å². The normalized spacial score (nSPS) is 29.8. The van der Waals surface area contributed by atoms with Crippen LogP contribution in [0.1, 0.15) is 24.8 Å². The third kappa shape index (κ3) is 1.83. The molecule has 0 aromatic heterocycles. The van der Waals surface area contributed by atoms with Gasteiger partial charge in [0.15, 0.2) is 0 Å². The summed E-state index contributed by atoms with van der Waals surface area (Å²) in [7, 11) is 0. The second-order valence-corrected chi connectivity index (χ2v) is 6.32. The Hall–Kier alpha value is -2.04. The van der Waals surface area contributed by atoms with Crippen molar-refractivity contribution in [2.75, 3.05) is 11.4 Å². The van der Waals surface area contributed by atoms with Crippen LogP contribution in [0.2, 0.25) is 0 Å². The van der Waals surface area contributed by atoms with E-state index in [0.717, 1.165) is 30.6 Å². The molecule has 0 spiro atoms. The number of benzene rings is 1. The Labute approximate surface area is 123 Å². The molecule has 2 fully saturated rings. The number of piperidine rings is 1. The molecule has 2 amide bonds. The van der Waals surface area contributed by atoms with Crippen molar-refractivity contribution < 1.29 is 14.7 Å². The van der Waals surface area contributed by atoms with Crippen molar-refractivity contribution in [3.05, 3.63) is 29.8 Å². The van der Waals surface area contributed by atoms with Crippen LogP contribution in [-0.2, 0) is 11.2 Å². The molecule has 3 atom stereocenters. The summed E-state index contributed by atoms with van der Waals surface area (Å²) in [6.07, 6.45) is 3.75. The molecule has 3 aliphatic rings. The molecule has 21 heavy (non-hydrogen) atoms. The van der Waals surface area contributed by atoms with Crippen LogP contribution < -0.4 is 4.90 Å². The van der Waals surface area contributed by atoms with E-state index in [1.54, 1.807) is 0 Å². The van der Waals surface area contributed by atoms with Crippen LogP contribution >= 0.6 is 0 Å². The number of nitrogens with zero attached hydrogens (tertiary/aromatic N) is 2. The number of carbonyl (C=O) groups excluding carboxylic acids is 1. The van der Waals surface area contributed by atoms with Crippen LogP contribution in [0, 0.1) is 5.92 Å². The van der Waals surface area contributed by atoms with Crippen molar-refractivity contribution in [3.8, 4) is 0 Å². The fourth-order valence-electron chi connectivity index (χ4n) is 4.12. The molecule has 1 saturated carbocycles. The average Bonchev–Trinajstić information content (AvgIpc) is 3.19. The van der Waals surface area contributed by atoms with Crippen LogP contribution in [-0.4, -0.2) is 40.6 Å². The van der Waals surface area contributed by atoms with E-state index in [2.05, 4.69) is 0 Å². The number of rotatable bonds is 1. The van der Waals surface area contributed by atoms with Gasteiger partial charge >= 0.3 is 12.0 Å². The lowest BCUT2D eigenvalue weighted by molar-refractivity contribution is -0.138. The predicted octanol–water partition coefficient (Wildman–Crippen LogP) is 2.11. The van der Waals surface area contributed by atoms with Gasteiger partial charge in [-0.25, -0.2) is 9.59 Å². The van der Waals surface area contributed by atoms with Crippen molar-refractivity contribution in [2.24, 2.45) is 5.92 Å². The number of urea groups is 1. The van der Waals surface area contributed by atoms with E-state index in [-0.39, 0.29) is 6.03 Å². The average molecular weight is 286 g/mol. The zero-order valence-corrected chi connectivity index (χ0v) is 11.7. The SMILES string of the molecule is O=C(O)C1Cc2ccccc2N1C(=O)N1CC2CCC1C2. The Balaban J connectivity index is 1.68. The Bertz CT molecular complexity index is 615. The third-order valence-electron chi connectivity index (χ3n) is 5.12. The third-order valence-corrected chi connectivity index (χ3v) is 5.12. The molecule has 1 aliphatic carbocycles. The molecule has 3 unspecified atom stereocenters. The maximum atomic E-state index is 12.9. The highest BCUT2D eigenvalue weighted by Crippen LogP contribution is 2.40. The van der Waals surface area contributed by atoms with E-state index < -0.39 is 12.0 Å². The van der Waals surface area contributed by atoms with Gasteiger partial charge < -0.3 is 10.0 Å². The van der Waals surface area contributed by atoms with E-state index in [1.165, 1.54) is 11.3 Å². The van der Waals surface area contributed by atoms with Gasteiger partial charge in [-0.2, -0.15) is 0 Å². The minimum Gasteiger partial charge on any atom is -0.480 e. The molecular formula is C16H18N2O3. The van der Waals surface area contributed by atoms with Gasteiger partial charge in [0.25, 0.3) is 0 Å². The lowest BCUT2D eigenvalue weighted by Gasteiger charge is -2.33. The maximum absolute atomic E-state index is 12.9. The molecular weight excluding hydrogens is 268 g/mol. The molecule has 4 rings (SSSR count). The first-order valence-corrected chi connectivity index (χ1v) is 7.55. The molecule has 0 radical (unpaired) electrons. The summed E-state index contributed by atoms with van der Waals surface area (Å²) >= 11 is 0. The number of aliphatic carboxylic acids is 1. The van der Waals surface area contributed by atoms with Gasteiger partial charge in [0.05, 0.1) is 0 Å². The zero-order valence-electron chi connectivity index (χ0n) is 11.7.